The van der Waals surface area contributed by atoms with Gasteiger partial charge in [-0.25, -0.2) is 0 Å². The van der Waals surface area contributed by atoms with Crippen LogP contribution in [-0.4, -0.2) is 38.0 Å². The van der Waals surface area contributed by atoms with E-state index in [-0.39, 0.29) is 6.10 Å². The highest BCUT2D eigenvalue weighted by molar-refractivity contribution is 5.07. The van der Waals surface area contributed by atoms with Crippen molar-refractivity contribution in [2.75, 3.05) is 20.3 Å². The van der Waals surface area contributed by atoms with Gasteiger partial charge in [0.1, 0.15) is 5.54 Å². The largest absolute Gasteiger partial charge is 0.382 e. The molecule has 1 aliphatic carbocycles. The molecule has 1 saturated carbocycles. The van der Waals surface area contributed by atoms with Crippen molar-refractivity contribution in [2.45, 2.75) is 44.4 Å². The number of hydrogen-bond donors (Lipinski definition) is 1. The Labute approximate surface area is 91.6 Å². The lowest BCUT2D eigenvalue weighted by Gasteiger charge is -2.25. The first-order valence-electron chi connectivity index (χ1n) is 5.39. The van der Waals surface area contributed by atoms with Gasteiger partial charge in [0.15, 0.2) is 0 Å². The molecule has 2 atom stereocenters. The molecule has 0 amide bonds. The highest BCUT2D eigenvalue weighted by atomic mass is 16.5. The predicted octanol–water partition coefficient (Wildman–Crippen LogP) is 1.07. The highest BCUT2D eigenvalue weighted by Gasteiger charge is 2.33. The second-order valence-corrected chi connectivity index (χ2v) is 4.44. The summed E-state index contributed by atoms with van der Waals surface area (Å²) in [7, 11) is 1.64. The van der Waals surface area contributed by atoms with Gasteiger partial charge in [0, 0.05) is 13.2 Å². The smallest absolute Gasteiger partial charge is 0.127 e. The lowest BCUT2D eigenvalue weighted by molar-refractivity contribution is -0.00792. The number of hydrogen-bond acceptors (Lipinski definition) is 4. The van der Waals surface area contributed by atoms with E-state index in [0.29, 0.717) is 19.3 Å². The molecule has 1 rings (SSSR count). The number of nitrogens with zero attached hydrogens (tertiary/aromatic N) is 1. The number of ether oxygens (including phenoxy) is 2. The summed E-state index contributed by atoms with van der Waals surface area (Å²) >= 11 is 0. The van der Waals surface area contributed by atoms with Crippen molar-refractivity contribution in [1.29, 1.82) is 5.26 Å². The summed E-state index contributed by atoms with van der Waals surface area (Å²) in [6.07, 6.45) is 2.37. The van der Waals surface area contributed by atoms with Gasteiger partial charge >= 0.3 is 0 Å². The van der Waals surface area contributed by atoms with Crippen LogP contribution in [0.15, 0.2) is 0 Å². The van der Waals surface area contributed by atoms with E-state index >= 15 is 0 Å². The minimum atomic E-state index is -0.566. The molecule has 1 aliphatic rings. The van der Waals surface area contributed by atoms with Crippen molar-refractivity contribution in [2.24, 2.45) is 0 Å². The highest BCUT2D eigenvalue weighted by Crippen LogP contribution is 2.22. The first-order valence-corrected chi connectivity index (χ1v) is 5.39. The van der Waals surface area contributed by atoms with Crippen LogP contribution in [0.4, 0.5) is 0 Å². The van der Waals surface area contributed by atoms with Crippen molar-refractivity contribution >= 4 is 0 Å². The SMILES string of the molecule is COCC(C)OCC(C)(C#N)NC1CC1. The fourth-order valence-corrected chi connectivity index (χ4v) is 1.38. The topological polar surface area (TPSA) is 54.3 Å². The molecule has 4 heteroatoms. The Bertz CT molecular complexity index is 235. The minimum absolute atomic E-state index is 0.0312. The lowest BCUT2D eigenvalue weighted by Crippen LogP contribution is -2.47. The van der Waals surface area contributed by atoms with Gasteiger partial charge in [-0.3, -0.25) is 5.32 Å². The summed E-state index contributed by atoms with van der Waals surface area (Å²) in [5.41, 5.74) is -0.566. The predicted molar refractivity (Wildman–Crippen MR) is 57.5 cm³/mol. The Kier molecular flexibility index (Phi) is 4.52. The third-order valence-corrected chi connectivity index (χ3v) is 2.40. The third kappa shape index (κ3) is 4.61. The maximum atomic E-state index is 9.08. The van der Waals surface area contributed by atoms with Gasteiger partial charge in [0.2, 0.25) is 0 Å². The average Bonchev–Trinajstić information content (AvgIpc) is 2.99. The van der Waals surface area contributed by atoms with Gasteiger partial charge < -0.3 is 9.47 Å². The van der Waals surface area contributed by atoms with Gasteiger partial charge in [-0.05, 0) is 26.7 Å². The van der Waals surface area contributed by atoms with Crippen molar-refractivity contribution in [1.82, 2.24) is 5.32 Å². The summed E-state index contributed by atoms with van der Waals surface area (Å²) in [5.74, 6) is 0. The van der Waals surface area contributed by atoms with Crippen LogP contribution in [0.1, 0.15) is 26.7 Å². The summed E-state index contributed by atoms with van der Waals surface area (Å²) in [6, 6.07) is 2.78. The second-order valence-electron chi connectivity index (χ2n) is 4.44. The van der Waals surface area contributed by atoms with Crippen LogP contribution in [0.2, 0.25) is 0 Å². The van der Waals surface area contributed by atoms with E-state index in [4.69, 9.17) is 14.7 Å². The van der Waals surface area contributed by atoms with Crippen LogP contribution in [0.25, 0.3) is 0 Å². The Hall–Kier alpha value is -0.630. The molecular weight excluding hydrogens is 192 g/mol. The molecule has 86 valence electrons. The Morgan fingerprint density at radius 2 is 2.27 bits per heavy atom. The molecule has 0 saturated heterocycles. The van der Waals surface area contributed by atoms with Gasteiger partial charge in [-0.1, -0.05) is 0 Å². The zero-order valence-electron chi connectivity index (χ0n) is 9.75. The molecular formula is C11H20N2O2. The summed E-state index contributed by atoms with van der Waals surface area (Å²) in [4.78, 5) is 0. The van der Waals surface area contributed by atoms with E-state index in [1.807, 2.05) is 13.8 Å². The van der Waals surface area contributed by atoms with Crippen molar-refractivity contribution in [3.05, 3.63) is 0 Å². The zero-order chi connectivity index (χ0) is 11.3. The van der Waals surface area contributed by atoms with E-state index in [2.05, 4.69) is 11.4 Å². The molecule has 0 aromatic rings. The zero-order valence-corrected chi connectivity index (χ0v) is 9.75. The van der Waals surface area contributed by atoms with E-state index in [9.17, 15) is 0 Å². The molecule has 0 aliphatic heterocycles. The monoisotopic (exact) mass is 212 g/mol. The Morgan fingerprint density at radius 1 is 1.60 bits per heavy atom. The van der Waals surface area contributed by atoms with Gasteiger partial charge in [0.05, 0.1) is 25.4 Å². The summed E-state index contributed by atoms with van der Waals surface area (Å²) < 4.78 is 10.5. The molecule has 2 unspecified atom stereocenters. The molecule has 0 spiro atoms. The quantitative estimate of drug-likeness (QED) is 0.686. The molecule has 0 aromatic heterocycles. The minimum Gasteiger partial charge on any atom is -0.382 e. The number of methoxy groups -OCH3 is 1. The summed E-state index contributed by atoms with van der Waals surface area (Å²) in [6.45, 7) is 4.79. The van der Waals surface area contributed by atoms with Gasteiger partial charge in [0.25, 0.3) is 0 Å². The van der Waals surface area contributed by atoms with E-state index in [1.165, 1.54) is 12.8 Å². The lowest BCUT2D eigenvalue weighted by atomic mass is 10.1. The number of rotatable bonds is 7. The second kappa shape index (κ2) is 5.45. The van der Waals surface area contributed by atoms with Crippen LogP contribution >= 0.6 is 0 Å². The fourth-order valence-electron chi connectivity index (χ4n) is 1.38. The maximum absolute atomic E-state index is 9.08. The maximum Gasteiger partial charge on any atom is 0.127 e. The normalized spacial score (nSPS) is 21.7. The molecule has 1 N–H and O–H groups in total. The molecule has 0 radical (unpaired) electrons. The van der Waals surface area contributed by atoms with Crippen molar-refractivity contribution in [3.8, 4) is 6.07 Å². The molecule has 0 aromatic carbocycles. The average molecular weight is 212 g/mol. The van der Waals surface area contributed by atoms with Crippen LogP contribution in [0.3, 0.4) is 0 Å². The molecule has 0 bridgehead atoms. The molecule has 4 nitrogen and oxygen atoms in total. The first kappa shape index (κ1) is 12.4. The first-order chi connectivity index (χ1) is 7.09. The van der Waals surface area contributed by atoms with Crippen LogP contribution in [-0.2, 0) is 9.47 Å². The van der Waals surface area contributed by atoms with Gasteiger partial charge in [-0.2, -0.15) is 5.26 Å². The Balaban J connectivity index is 2.28. The fraction of sp³-hybridized carbons (Fsp3) is 0.909. The Morgan fingerprint density at radius 3 is 2.73 bits per heavy atom. The molecule has 15 heavy (non-hydrogen) atoms. The standard InChI is InChI=1S/C11H20N2O2/c1-9(6-14-3)15-8-11(2,7-12)13-10-4-5-10/h9-10,13H,4-6,8H2,1-3H3. The van der Waals surface area contributed by atoms with Crippen LogP contribution < -0.4 is 5.32 Å². The number of nitrogens with one attached hydrogen (secondary N) is 1. The summed E-state index contributed by atoms with van der Waals surface area (Å²) in [5, 5.41) is 12.4. The number of nitriles is 1. The van der Waals surface area contributed by atoms with Crippen molar-refractivity contribution < 1.29 is 9.47 Å². The van der Waals surface area contributed by atoms with Gasteiger partial charge in [-0.15, -0.1) is 0 Å². The molecule has 1 fully saturated rings. The van der Waals surface area contributed by atoms with Crippen LogP contribution in [0, 0.1) is 11.3 Å². The molecule has 0 heterocycles. The van der Waals surface area contributed by atoms with Crippen molar-refractivity contribution in [3.63, 3.8) is 0 Å². The third-order valence-electron chi connectivity index (χ3n) is 2.40. The van der Waals surface area contributed by atoms with Crippen LogP contribution in [0.5, 0.6) is 0 Å². The van der Waals surface area contributed by atoms with E-state index in [0.717, 1.165) is 0 Å². The van der Waals surface area contributed by atoms with E-state index < -0.39 is 5.54 Å². The van der Waals surface area contributed by atoms with E-state index in [1.54, 1.807) is 7.11 Å².